The molecule has 0 saturated heterocycles. The fraction of sp³-hybridized carbons (Fsp3) is 0.186. The van der Waals surface area contributed by atoms with Crippen molar-refractivity contribution >= 4 is 69.5 Å². The summed E-state index contributed by atoms with van der Waals surface area (Å²) in [6.07, 6.45) is 2.02. The van der Waals surface area contributed by atoms with Gasteiger partial charge < -0.3 is 30.3 Å². The standard InChI is InChI=1S/C43H40N4O7S2/c1-4-54-43(52)37-33-22-23-47(27(2)48)26-36(33)56-42(37)46-41(51)38(28-14-7-5-8-15-28)55-32-20-13-19-31(25-32)44-40(50)34(24-30-18-11-12-21-35(30)53-3)45-39(49)29-16-9-6-10-17-29/h5-21,24-25,38H,4,22-23,26H2,1-3H3,(H,44,50)(H,45,49)(H,46,51)/b34-24+. The van der Waals surface area contributed by atoms with Gasteiger partial charge in [-0.2, -0.15) is 0 Å². The quantitative estimate of drug-likeness (QED) is 0.0626. The number of anilines is 2. The normalized spacial score (nSPS) is 12.8. The lowest BCUT2D eigenvalue weighted by molar-refractivity contribution is -0.129. The SMILES string of the molecule is CCOC(=O)c1c(NC(=O)C(Sc2cccc(NC(=O)/C(=C\c3ccccc3OC)NC(=O)c3ccccc3)c2)c2ccccc2)sc2c1CCN(C(C)=O)C2. The molecule has 0 radical (unpaired) electrons. The van der Waals surface area contributed by atoms with Crippen molar-refractivity contribution in [3.05, 3.63) is 148 Å². The molecule has 2 heterocycles. The molecule has 4 amide bonds. The molecule has 1 aliphatic heterocycles. The first-order valence-electron chi connectivity index (χ1n) is 17.9. The van der Waals surface area contributed by atoms with E-state index in [1.165, 1.54) is 37.1 Å². The highest BCUT2D eigenvalue weighted by molar-refractivity contribution is 8.00. The second-order valence-electron chi connectivity index (χ2n) is 12.6. The summed E-state index contributed by atoms with van der Waals surface area (Å²) in [6.45, 7) is 4.22. The van der Waals surface area contributed by atoms with E-state index in [0.717, 1.165) is 16.0 Å². The smallest absolute Gasteiger partial charge is 0.341 e. The maximum Gasteiger partial charge on any atom is 0.341 e. The zero-order valence-electron chi connectivity index (χ0n) is 31.0. The van der Waals surface area contributed by atoms with Crippen LogP contribution in [0.1, 0.15) is 61.4 Å². The Kier molecular flexibility index (Phi) is 13.0. The van der Waals surface area contributed by atoms with E-state index >= 15 is 0 Å². The lowest BCUT2D eigenvalue weighted by Crippen LogP contribution is -2.34. The topological polar surface area (TPSA) is 143 Å². The Morgan fingerprint density at radius 2 is 1.61 bits per heavy atom. The van der Waals surface area contributed by atoms with E-state index in [-0.39, 0.29) is 24.1 Å². The third-order valence-corrected chi connectivity index (χ3v) is 11.3. The van der Waals surface area contributed by atoms with Gasteiger partial charge in [0, 0.05) is 40.1 Å². The van der Waals surface area contributed by atoms with E-state index in [4.69, 9.17) is 9.47 Å². The van der Waals surface area contributed by atoms with Crippen LogP contribution in [0, 0.1) is 0 Å². The molecule has 0 fully saturated rings. The molecule has 0 aliphatic carbocycles. The van der Waals surface area contributed by atoms with Crippen molar-refractivity contribution in [1.82, 2.24) is 10.2 Å². The average Bonchev–Trinajstić information content (AvgIpc) is 3.57. The van der Waals surface area contributed by atoms with Crippen LogP contribution >= 0.6 is 23.1 Å². The molecule has 11 nitrogen and oxygen atoms in total. The van der Waals surface area contributed by atoms with Gasteiger partial charge in [0.15, 0.2) is 0 Å². The van der Waals surface area contributed by atoms with Gasteiger partial charge >= 0.3 is 5.97 Å². The van der Waals surface area contributed by atoms with Crippen molar-refractivity contribution in [3.8, 4) is 5.75 Å². The Bertz CT molecular complexity index is 2270. The van der Waals surface area contributed by atoms with Crippen molar-refractivity contribution in [2.45, 2.75) is 37.0 Å². The third-order valence-electron chi connectivity index (χ3n) is 8.87. The minimum Gasteiger partial charge on any atom is -0.496 e. The number of thioether (sulfide) groups is 1. The summed E-state index contributed by atoms with van der Waals surface area (Å²) in [5, 5.41) is 8.28. The van der Waals surface area contributed by atoms with Crippen LogP contribution in [0.15, 0.2) is 120 Å². The number of amides is 4. The van der Waals surface area contributed by atoms with E-state index in [9.17, 15) is 24.0 Å². The van der Waals surface area contributed by atoms with Gasteiger partial charge in [-0.15, -0.1) is 23.1 Å². The number of fused-ring (bicyclic) bond motifs is 1. The molecule has 13 heteroatoms. The van der Waals surface area contributed by atoms with Gasteiger partial charge in [0.2, 0.25) is 11.8 Å². The van der Waals surface area contributed by atoms with Crippen molar-refractivity contribution in [3.63, 3.8) is 0 Å². The van der Waals surface area contributed by atoms with E-state index < -0.39 is 23.0 Å². The van der Waals surface area contributed by atoms with Crippen molar-refractivity contribution < 1.29 is 33.4 Å². The number of hydrogen-bond acceptors (Lipinski definition) is 9. The Balaban J connectivity index is 1.26. The van der Waals surface area contributed by atoms with E-state index in [1.54, 1.807) is 90.7 Å². The van der Waals surface area contributed by atoms with Crippen LogP contribution in [0.3, 0.4) is 0 Å². The molecule has 0 saturated carbocycles. The molecule has 286 valence electrons. The highest BCUT2D eigenvalue weighted by Gasteiger charge is 2.32. The van der Waals surface area contributed by atoms with Crippen LogP contribution in [0.5, 0.6) is 5.75 Å². The number of nitrogens with zero attached hydrogens (tertiary/aromatic N) is 1. The lowest BCUT2D eigenvalue weighted by atomic mass is 10.0. The van der Waals surface area contributed by atoms with Gasteiger partial charge in [-0.25, -0.2) is 4.79 Å². The van der Waals surface area contributed by atoms with Gasteiger partial charge in [-0.1, -0.05) is 72.8 Å². The zero-order valence-corrected chi connectivity index (χ0v) is 32.6. The van der Waals surface area contributed by atoms with Crippen LogP contribution in [-0.4, -0.2) is 54.8 Å². The molecule has 4 aromatic carbocycles. The first kappa shape index (κ1) is 39.5. The van der Waals surface area contributed by atoms with E-state index in [0.29, 0.717) is 57.5 Å². The minimum absolute atomic E-state index is 0.00887. The monoisotopic (exact) mass is 788 g/mol. The van der Waals surface area contributed by atoms with Crippen LogP contribution < -0.4 is 20.7 Å². The fourth-order valence-electron chi connectivity index (χ4n) is 6.12. The summed E-state index contributed by atoms with van der Waals surface area (Å²) in [6, 6.07) is 32.0. The second-order valence-corrected chi connectivity index (χ2v) is 14.9. The summed E-state index contributed by atoms with van der Waals surface area (Å²) >= 11 is 2.54. The molecular formula is C43H40N4O7S2. The molecule has 0 bridgehead atoms. The molecule has 5 aromatic rings. The van der Waals surface area contributed by atoms with Crippen LogP contribution in [0.4, 0.5) is 10.7 Å². The second kappa shape index (κ2) is 18.4. The van der Waals surface area contributed by atoms with Crippen LogP contribution in [-0.2, 0) is 32.1 Å². The molecule has 1 aliphatic rings. The Morgan fingerprint density at radius 3 is 2.32 bits per heavy atom. The minimum atomic E-state index is -0.767. The molecule has 6 rings (SSSR count). The van der Waals surface area contributed by atoms with E-state index in [2.05, 4.69) is 16.0 Å². The zero-order chi connectivity index (χ0) is 39.6. The molecule has 0 spiro atoms. The van der Waals surface area contributed by atoms with E-state index in [1.807, 2.05) is 36.4 Å². The Hall–Kier alpha value is -6.18. The number of carbonyl (C=O) groups excluding carboxylic acids is 5. The summed E-state index contributed by atoms with van der Waals surface area (Å²) in [4.78, 5) is 69.9. The number of hydrogen-bond donors (Lipinski definition) is 3. The van der Waals surface area contributed by atoms with Crippen molar-refractivity contribution in [2.24, 2.45) is 0 Å². The summed E-state index contributed by atoms with van der Waals surface area (Å²) in [5.41, 5.74) is 3.21. The van der Waals surface area contributed by atoms with Gasteiger partial charge in [0.05, 0.1) is 25.8 Å². The lowest BCUT2D eigenvalue weighted by Gasteiger charge is -2.25. The molecule has 56 heavy (non-hydrogen) atoms. The van der Waals surface area contributed by atoms with Crippen LogP contribution in [0.2, 0.25) is 0 Å². The first-order valence-corrected chi connectivity index (χ1v) is 19.6. The maximum absolute atomic E-state index is 14.3. The molecule has 1 aromatic heterocycles. The number of carbonyl (C=O) groups is 5. The van der Waals surface area contributed by atoms with Gasteiger partial charge in [0.1, 0.15) is 21.7 Å². The number of rotatable bonds is 13. The number of benzene rings is 4. The molecule has 3 N–H and O–H groups in total. The van der Waals surface area contributed by atoms with Gasteiger partial charge in [-0.05, 0) is 66.9 Å². The van der Waals surface area contributed by atoms with Gasteiger partial charge in [0.25, 0.3) is 11.8 Å². The summed E-state index contributed by atoms with van der Waals surface area (Å²) in [5.74, 6) is -1.47. The average molecular weight is 789 g/mol. The molecule has 1 unspecified atom stereocenters. The van der Waals surface area contributed by atoms with Crippen LogP contribution in [0.25, 0.3) is 6.08 Å². The fourth-order valence-corrected chi connectivity index (χ4v) is 8.46. The van der Waals surface area contributed by atoms with Crippen molar-refractivity contribution in [2.75, 3.05) is 30.9 Å². The third kappa shape index (κ3) is 9.54. The van der Waals surface area contributed by atoms with Gasteiger partial charge in [-0.3, -0.25) is 19.2 Å². The predicted octanol–water partition coefficient (Wildman–Crippen LogP) is 7.72. The highest BCUT2D eigenvalue weighted by Crippen LogP contribution is 2.41. The number of esters is 1. The number of methoxy groups -OCH3 is 1. The molecular weight excluding hydrogens is 749 g/mol. The number of ether oxygens (including phenoxy) is 2. The first-order chi connectivity index (χ1) is 27.1. The summed E-state index contributed by atoms with van der Waals surface area (Å²) < 4.78 is 10.9. The largest absolute Gasteiger partial charge is 0.496 e. The summed E-state index contributed by atoms with van der Waals surface area (Å²) in [7, 11) is 1.53. The molecule has 1 atom stereocenters. The Labute approximate surface area is 333 Å². The predicted molar refractivity (Wildman–Crippen MR) is 219 cm³/mol. The number of thiophene rings is 1. The Morgan fingerprint density at radius 1 is 0.893 bits per heavy atom. The maximum atomic E-state index is 14.3. The number of para-hydroxylation sites is 1. The highest BCUT2D eigenvalue weighted by atomic mass is 32.2. The number of nitrogens with one attached hydrogen (secondary N) is 3. The van der Waals surface area contributed by atoms with Crippen molar-refractivity contribution in [1.29, 1.82) is 0 Å².